The molecule has 0 radical (unpaired) electrons. The molecule has 1 aromatic rings. The number of halogens is 3. The minimum Gasteiger partial charge on any atom is -0.316 e. The molecule has 2 rings (SSSR count). The lowest BCUT2D eigenvalue weighted by molar-refractivity contribution is -0.137. The second kappa shape index (κ2) is 6.82. The van der Waals surface area contributed by atoms with Crippen LogP contribution in [0.5, 0.6) is 0 Å². The van der Waals surface area contributed by atoms with E-state index in [0.717, 1.165) is 31.5 Å². The molecule has 1 nitrogen and oxygen atoms in total. The summed E-state index contributed by atoms with van der Waals surface area (Å²) in [5.74, 6) is 1.56. The number of alkyl halides is 3. The Labute approximate surface area is 124 Å². The van der Waals surface area contributed by atoms with Gasteiger partial charge >= 0.3 is 6.18 Å². The fourth-order valence-corrected chi connectivity index (χ4v) is 3.20. The van der Waals surface area contributed by atoms with Crippen molar-refractivity contribution in [2.24, 2.45) is 11.8 Å². The van der Waals surface area contributed by atoms with Crippen molar-refractivity contribution >= 4 is 0 Å². The van der Waals surface area contributed by atoms with E-state index in [1.165, 1.54) is 18.6 Å². The van der Waals surface area contributed by atoms with Gasteiger partial charge in [-0.1, -0.05) is 32.4 Å². The molecule has 118 valence electrons. The van der Waals surface area contributed by atoms with E-state index >= 15 is 0 Å². The van der Waals surface area contributed by atoms with Crippen molar-refractivity contribution in [2.75, 3.05) is 13.1 Å². The molecular weight excluding hydrogens is 275 g/mol. The van der Waals surface area contributed by atoms with E-state index in [0.29, 0.717) is 17.8 Å². The molecule has 4 heteroatoms. The standard InChI is InChI=1S/C17H24F3N/c1-12(2)10-21-11-14-4-3-5-16(14)13-6-8-15(9-7-13)17(18,19)20/h6-9,12,14,16,21H,3-5,10-11H2,1-2H3. The van der Waals surface area contributed by atoms with Gasteiger partial charge < -0.3 is 5.32 Å². The predicted octanol–water partition coefficient (Wildman–Crippen LogP) is 4.83. The molecular formula is C17H24F3N. The van der Waals surface area contributed by atoms with Gasteiger partial charge in [-0.15, -0.1) is 0 Å². The van der Waals surface area contributed by atoms with Crippen LogP contribution in [0.1, 0.15) is 50.2 Å². The Morgan fingerprint density at radius 2 is 1.81 bits per heavy atom. The Balaban J connectivity index is 1.99. The number of rotatable bonds is 5. The maximum Gasteiger partial charge on any atom is 0.416 e. The minimum absolute atomic E-state index is 0.395. The smallest absolute Gasteiger partial charge is 0.316 e. The lowest BCUT2D eigenvalue weighted by atomic mass is 9.88. The molecule has 0 heterocycles. The van der Waals surface area contributed by atoms with Crippen LogP contribution in [0.4, 0.5) is 13.2 Å². The van der Waals surface area contributed by atoms with Crippen molar-refractivity contribution in [3.8, 4) is 0 Å². The quantitative estimate of drug-likeness (QED) is 0.820. The maximum absolute atomic E-state index is 12.6. The average Bonchev–Trinajstić information content (AvgIpc) is 2.86. The third-order valence-electron chi connectivity index (χ3n) is 4.28. The second-order valence-corrected chi connectivity index (χ2v) is 6.47. The van der Waals surface area contributed by atoms with E-state index in [9.17, 15) is 13.2 Å². The van der Waals surface area contributed by atoms with Gasteiger partial charge in [0.1, 0.15) is 0 Å². The fourth-order valence-electron chi connectivity index (χ4n) is 3.20. The molecule has 0 aromatic heterocycles. The van der Waals surface area contributed by atoms with Gasteiger partial charge in [-0.2, -0.15) is 13.2 Å². The van der Waals surface area contributed by atoms with Gasteiger partial charge in [-0.3, -0.25) is 0 Å². The topological polar surface area (TPSA) is 12.0 Å². The molecule has 1 aliphatic rings. The van der Waals surface area contributed by atoms with Crippen LogP contribution < -0.4 is 5.32 Å². The maximum atomic E-state index is 12.6. The average molecular weight is 299 g/mol. The van der Waals surface area contributed by atoms with Crippen LogP contribution >= 0.6 is 0 Å². The molecule has 1 fully saturated rings. The first kappa shape index (κ1) is 16.3. The fraction of sp³-hybridized carbons (Fsp3) is 0.647. The van der Waals surface area contributed by atoms with E-state index in [1.807, 2.05) is 0 Å². The van der Waals surface area contributed by atoms with E-state index in [4.69, 9.17) is 0 Å². The van der Waals surface area contributed by atoms with Gasteiger partial charge in [-0.05, 0) is 61.4 Å². The Kier molecular flexibility index (Phi) is 5.31. The van der Waals surface area contributed by atoms with E-state index in [2.05, 4.69) is 19.2 Å². The SMILES string of the molecule is CC(C)CNCC1CCCC1c1ccc(C(F)(F)F)cc1. The highest BCUT2D eigenvalue weighted by molar-refractivity contribution is 5.28. The van der Waals surface area contributed by atoms with Gasteiger partial charge in [0.2, 0.25) is 0 Å². The summed E-state index contributed by atoms with van der Waals surface area (Å²) in [6, 6.07) is 5.75. The number of benzene rings is 1. The molecule has 1 aromatic carbocycles. The molecule has 1 N–H and O–H groups in total. The highest BCUT2D eigenvalue weighted by Gasteiger charge is 2.32. The molecule has 2 atom stereocenters. The van der Waals surface area contributed by atoms with Gasteiger partial charge in [0.05, 0.1) is 5.56 Å². The van der Waals surface area contributed by atoms with Crippen molar-refractivity contribution in [1.82, 2.24) is 5.32 Å². The van der Waals surface area contributed by atoms with Gasteiger partial charge in [-0.25, -0.2) is 0 Å². The van der Waals surface area contributed by atoms with Crippen LogP contribution in [-0.2, 0) is 6.18 Å². The van der Waals surface area contributed by atoms with Crippen molar-refractivity contribution in [2.45, 2.75) is 45.2 Å². The largest absolute Gasteiger partial charge is 0.416 e. The highest BCUT2D eigenvalue weighted by Crippen LogP contribution is 2.40. The van der Waals surface area contributed by atoms with E-state index < -0.39 is 11.7 Å². The molecule has 2 unspecified atom stereocenters. The normalized spacial score (nSPS) is 23.0. The second-order valence-electron chi connectivity index (χ2n) is 6.47. The van der Waals surface area contributed by atoms with Crippen LogP contribution in [-0.4, -0.2) is 13.1 Å². The first-order valence-electron chi connectivity index (χ1n) is 7.76. The highest BCUT2D eigenvalue weighted by atomic mass is 19.4. The molecule has 0 aliphatic heterocycles. The van der Waals surface area contributed by atoms with Crippen LogP contribution in [0, 0.1) is 11.8 Å². The Hall–Kier alpha value is -1.03. The Bertz CT molecular complexity index is 436. The third-order valence-corrected chi connectivity index (χ3v) is 4.28. The summed E-state index contributed by atoms with van der Waals surface area (Å²) in [5.41, 5.74) is 0.496. The molecule has 0 bridgehead atoms. The van der Waals surface area contributed by atoms with E-state index in [-0.39, 0.29) is 0 Å². The van der Waals surface area contributed by atoms with Crippen molar-refractivity contribution in [3.05, 3.63) is 35.4 Å². The van der Waals surface area contributed by atoms with E-state index in [1.54, 1.807) is 12.1 Å². The van der Waals surface area contributed by atoms with Gasteiger partial charge in [0.15, 0.2) is 0 Å². The molecule has 1 saturated carbocycles. The first-order valence-corrected chi connectivity index (χ1v) is 7.76. The minimum atomic E-state index is -4.24. The first-order chi connectivity index (χ1) is 9.88. The number of nitrogens with one attached hydrogen (secondary N) is 1. The summed E-state index contributed by atoms with van der Waals surface area (Å²) in [6.45, 7) is 6.31. The number of hydrogen-bond acceptors (Lipinski definition) is 1. The lowest BCUT2D eigenvalue weighted by Gasteiger charge is -2.21. The van der Waals surface area contributed by atoms with Crippen molar-refractivity contribution < 1.29 is 13.2 Å². The predicted molar refractivity (Wildman–Crippen MR) is 79.2 cm³/mol. The molecule has 21 heavy (non-hydrogen) atoms. The summed E-state index contributed by atoms with van der Waals surface area (Å²) < 4.78 is 37.8. The summed E-state index contributed by atoms with van der Waals surface area (Å²) in [5, 5.41) is 3.48. The van der Waals surface area contributed by atoms with Crippen LogP contribution in [0.15, 0.2) is 24.3 Å². The van der Waals surface area contributed by atoms with Crippen LogP contribution in [0.25, 0.3) is 0 Å². The zero-order valence-corrected chi connectivity index (χ0v) is 12.7. The molecule has 1 aliphatic carbocycles. The van der Waals surface area contributed by atoms with Gasteiger partial charge in [0, 0.05) is 0 Å². The molecule has 0 saturated heterocycles. The molecule has 0 spiro atoms. The third kappa shape index (κ3) is 4.47. The van der Waals surface area contributed by atoms with Crippen LogP contribution in [0.2, 0.25) is 0 Å². The van der Waals surface area contributed by atoms with Crippen LogP contribution in [0.3, 0.4) is 0 Å². The summed E-state index contributed by atoms with van der Waals surface area (Å²) in [4.78, 5) is 0. The van der Waals surface area contributed by atoms with Gasteiger partial charge in [0.25, 0.3) is 0 Å². The number of hydrogen-bond donors (Lipinski definition) is 1. The zero-order chi connectivity index (χ0) is 15.5. The van der Waals surface area contributed by atoms with Crippen molar-refractivity contribution in [3.63, 3.8) is 0 Å². The summed E-state index contributed by atoms with van der Waals surface area (Å²) in [6.07, 6.45) is -0.831. The Morgan fingerprint density at radius 3 is 2.38 bits per heavy atom. The van der Waals surface area contributed by atoms with Crippen molar-refractivity contribution in [1.29, 1.82) is 0 Å². The zero-order valence-electron chi connectivity index (χ0n) is 12.7. The monoisotopic (exact) mass is 299 g/mol. The summed E-state index contributed by atoms with van der Waals surface area (Å²) in [7, 11) is 0. The summed E-state index contributed by atoms with van der Waals surface area (Å²) >= 11 is 0. The Morgan fingerprint density at radius 1 is 1.14 bits per heavy atom. The molecule has 0 amide bonds. The lowest BCUT2D eigenvalue weighted by Crippen LogP contribution is -2.27.